The molecule has 2 aromatic rings. The third-order valence-corrected chi connectivity index (χ3v) is 2.19. The second-order valence-corrected chi connectivity index (χ2v) is 3.77. The number of nitrogen functional groups attached to an aromatic ring is 1. The van der Waals surface area contributed by atoms with E-state index in [1.165, 1.54) is 29.2 Å². The highest BCUT2D eigenvalue weighted by molar-refractivity contribution is 5.88. The Morgan fingerprint density at radius 3 is 3.00 bits per heavy atom. The number of amides is 1. The average Bonchev–Trinajstić information content (AvgIpc) is 2.69. The summed E-state index contributed by atoms with van der Waals surface area (Å²) in [5.41, 5.74) is 6.30. The molecule has 2 heterocycles. The number of nitrogens with one attached hydrogen (secondary N) is 1. The normalized spacial score (nSPS) is 10.3. The van der Waals surface area contributed by atoms with Gasteiger partial charge in [-0.05, 0) is 13.0 Å². The molecular formula is C11H12N4O3. The van der Waals surface area contributed by atoms with Crippen molar-refractivity contribution in [3.63, 3.8) is 0 Å². The molecular weight excluding hydrogens is 236 g/mol. The van der Waals surface area contributed by atoms with Gasteiger partial charge in [0.15, 0.2) is 0 Å². The molecule has 0 fully saturated rings. The Morgan fingerprint density at radius 2 is 2.33 bits per heavy atom. The number of aromatic nitrogens is 2. The van der Waals surface area contributed by atoms with Crippen LogP contribution in [0.3, 0.4) is 0 Å². The topological polar surface area (TPSA) is 103 Å². The molecule has 18 heavy (non-hydrogen) atoms. The number of rotatable bonds is 3. The van der Waals surface area contributed by atoms with Crippen molar-refractivity contribution in [1.29, 1.82) is 0 Å². The van der Waals surface area contributed by atoms with Crippen LogP contribution in [0.2, 0.25) is 0 Å². The lowest BCUT2D eigenvalue weighted by Crippen LogP contribution is -2.27. The molecule has 0 aliphatic heterocycles. The van der Waals surface area contributed by atoms with Crippen LogP contribution in [0.4, 0.5) is 11.7 Å². The maximum atomic E-state index is 11.6. The molecule has 1 amide bonds. The number of nitrogens with zero attached hydrogens (tertiary/aromatic N) is 2. The highest BCUT2D eigenvalue weighted by atomic mass is 16.4. The van der Waals surface area contributed by atoms with Crippen LogP contribution in [-0.4, -0.2) is 15.5 Å². The summed E-state index contributed by atoms with van der Waals surface area (Å²) >= 11 is 0. The van der Waals surface area contributed by atoms with Crippen molar-refractivity contribution in [1.82, 2.24) is 9.55 Å². The van der Waals surface area contributed by atoms with Gasteiger partial charge in [-0.3, -0.25) is 14.9 Å². The summed E-state index contributed by atoms with van der Waals surface area (Å²) in [4.78, 5) is 27.0. The third kappa shape index (κ3) is 2.76. The summed E-state index contributed by atoms with van der Waals surface area (Å²) in [5.74, 6) is -0.412. The van der Waals surface area contributed by atoms with Gasteiger partial charge in [0.25, 0.3) is 5.56 Å². The second kappa shape index (κ2) is 4.74. The van der Waals surface area contributed by atoms with Crippen LogP contribution in [0.5, 0.6) is 0 Å². The number of aryl methyl sites for hydroxylation is 1. The van der Waals surface area contributed by atoms with E-state index in [9.17, 15) is 9.59 Å². The zero-order valence-electron chi connectivity index (χ0n) is 9.71. The largest absolute Gasteiger partial charge is 0.432 e. The minimum absolute atomic E-state index is 0.106. The minimum Gasteiger partial charge on any atom is -0.432 e. The van der Waals surface area contributed by atoms with Gasteiger partial charge in [-0.1, -0.05) is 0 Å². The van der Waals surface area contributed by atoms with Crippen LogP contribution >= 0.6 is 0 Å². The monoisotopic (exact) mass is 248 g/mol. The quantitative estimate of drug-likeness (QED) is 0.816. The number of hydrogen-bond donors (Lipinski definition) is 2. The summed E-state index contributed by atoms with van der Waals surface area (Å²) in [5, 5.41) is 2.44. The van der Waals surface area contributed by atoms with Gasteiger partial charge in [-0.25, -0.2) is 0 Å². The number of pyridine rings is 1. The molecule has 0 radical (unpaired) electrons. The number of nitrogens with two attached hydrogens (primary N) is 1. The number of hydrogen-bond acceptors (Lipinski definition) is 5. The molecule has 0 saturated carbocycles. The van der Waals surface area contributed by atoms with E-state index in [0.717, 1.165) is 0 Å². The molecule has 0 spiro atoms. The van der Waals surface area contributed by atoms with Crippen LogP contribution in [0.25, 0.3) is 0 Å². The standard InChI is InChI=1S/C11H12N4O3/c1-7-6-18-11(13-7)14-9(16)5-15-4-8(12)2-3-10(15)17/h2-4,6H,5,12H2,1H3,(H,13,14,16). The van der Waals surface area contributed by atoms with E-state index < -0.39 is 5.91 Å². The molecule has 94 valence electrons. The Labute approximate surface area is 102 Å². The Kier molecular flexibility index (Phi) is 3.13. The van der Waals surface area contributed by atoms with E-state index in [2.05, 4.69) is 10.3 Å². The first-order valence-electron chi connectivity index (χ1n) is 5.22. The summed E-state index contributed by atoms with van der Waals surface area (Å²) in [7, 11) is 0. The molecule has 0 unspecified atom stereocenters. The number of oxazole rings is 1. The summed E-state index contributed by atoms with van der Waals surface area (Å²) in [6.45, 7) is 1.59. The number of carbonyl (C=O) groups is 1. The molecule has 0 aliphatic carbocycles. The number of anilines is 2. The van der Waals surface area contributed by atoms with Gasteiger partial charge in [0.05, 0.1) is 5.69 Å². The second-order valence-electron chi connectivity index (χ2n) is 3.77. The Balaban J connectivity index is 2.07. The smallest absolute Gasteiger partial charge is 0.301 e. The maximum absolute atomic E-state index is 11.6. The molecule has 3 N–H and O–H groups in total. The summed E-state index contributed by atoms with van der Waals surface area (Å²) < 4.78 is 6.18. The lowest BCUT2D eigenvalue weighted by molar-refractivity contribution is -0.116. The molecule has 7 nitrogen and oxygen atoms in total. The van der Waals surface area contributed by atoms with Crippen molar-refractivity contribution < 1.29 is 9.21 Å². The van der Waals surface area contributed by atoms with E-state index in [-0.39, 0.29) is 18.1 Å². The van der Waals surface area contributed by atoms with Crippen LogP contribution in [0.1, 0.15) is 5.69 Å². The Morgan fingerprint density at radius 1 is 1.56 bits per heavy atom. The van der Waals surface area contributed by atoms with Gasteiger partial charge in [-0.15, -0.1) is 0 Å². The van der Waals surface area contributed by atoms with Crippen LogP contribution < -0.4 is 16.6 Å². The van der Waals surface area contributed by atoms with Crippen molar-refractivity contribution in [3.05, 3.63) is 40.6 Å². The van der Waals surface area contributed by atoms with Crippen LogP contribution in [-0.2, 0) is 11.3 Å². The maximum Gasteiger partial charge on any atom is 0.301 e. The molecule has 0 saturated heterocycles. The SMILES string of the molecule is Cc1coc(NC(=O)Cn2cc(N)ccc2=O)n1. The van der Waals surface area contributed by atoms with Crippen molar-refractivity contribution in [2.24, 2.45) is 0 Å². The number of carbonyl (C=O) groups excluding carboxylic acids is 1. The zero-order chi connectivity index (χ0) is 13.1. The fraction of sp³-hybridized carbons (Fsp3) is 0.182. The average molecular weight is 248 g/mol. The van der Waals surface area contributed by atoms with Gasteiger partial charge in [0, 0.05) is 18.0 Å². The van der Waals surface area contributed by atoms with Gasteiger partial charge in [0.1, 0.15) is 12.8 Å². The van der Waals surface area contributed by atoms with E-state index >= 15 is 0 Å². The molecule has 2 rings (SSSR count). The third-order valence-electron chi connectivity index (χ3n) is 2.19. The van der Waals surface area contributed by atoms with Gasteiger partial charge in [-0.2, -0.15) is 4.98 Å². The van der Waals surface area contributed by atoms with Gasteiger partial charge < -0.3 is 14.7 Å². The van der Waals surface area contributed by atoms with E-state index in [1.807, 2.05) is 0 Å². The van der Waals surface area contributed by atoms with Crippen LogP contribution in [0, 0.1) is 6.92 Å². The van der Waals surface area contributed by atoms with Crippen molar-refractivity contribution in [2.75, 3.05) is 11.1 Å². The molecule has 0 aliphatic rings. The van der Waals surface area contributed by atoms with E-state index in [4.69, 9.17) is 10.2 Å². The Bertz CT molecular complexity index is 629. The van der Waals surface area contributed by atoms with Gasteiger partial charge in [0.2, 0.25) is 5.91 Å². The Hall–Kier alpha value is -2.57. The summed E-state index contributed by atoms with van der Waals surface area (Å²) in [6.07, 6.45) is 2.82. The molecule has 7 heteroatoms. The van der Waals surface area contributed by atoms with Crippen molar-refractivity contribution in [2.45, 2.75) is 13.5 Å². The van der Waals surface area contributed by atoms with E-state index in [0.29, 0.717) is 11.4 Å². The predicted molar refractivity (Wildman–Crippen MR) is 65.0 cm³/mol. The van der Waals surface area contributed by atoms with Gasteiger partial charge >= 0.3 is 6.01 Å². The van der Waals surface area contributed by atoms with Crippen molar-refractivity contribution >= 4 is 17.6 Å². The molecule has 0 aromatic carbocycles. The first-order valence-corrected chi connectivity index (χ1v) is 5.22. The highest BCUT2D eigenvalue weighted by Gasteiger charge is 2.08. The highest BCUT2D eigenvalue weighted by Crippen LogP contribution is 2.05. The van der Waals surface area contributed by atoms with Crippen LogP contribution in [0.15, 0.2) is 33.8 Å². The zero-order valence-corrected chi connectivity index (χ0v) is 9.71. The first kappa shape index (κ1) is 11.9. The molecule has 2 aromatic heterocycles. The lowest BCUT2D eigenvalue weighted by Gasteiger charge is -2.05. The fourth-order valence-electron chi connectivity index (χ4n) is 1.40. The van der Waals surface area contributed by atoms with E-state index in [1.54, 1.807) is 6.92 Å². The van der Waals surface area contributed by atoms with Crippen molar-refractivity contribution in [3.8, 4) is 0 Å². The minimum atomic E-state index is -0.412. The summed E-state index contributed by atoms with van der Waals surface area (Å²) in [6, 6.07) is 2.89. The predicted octanol–water partition coefficient (Wildman–Crippen LogP) is 0.366. The molecule has 0 atom stereocenters. The fourth-order valence-corrected chi connectivity index (χ4v) is 1.40. The molecule has 0 bridgehead atoms. The first-order chi connectivity index (χ1) is 8.54. The lowest BCUT2D eigenvalue weighted by atomic mass is 10.4.